The van der Waals surface area contributed by atoms with E-state index in [1.165, 1.54) is 30.3 Å². The van der Waals surface area contributed by atoms with E-state index in [-0.39, 0.29) is 0 Å². The fraction of sp³-hybridized carbons (Fsp3) is 0.304. The zero-order chi connectivity index (χ0) is 20.3. The van der Waals surface area contributed by atoms with Crippen molar-refractivity contribution in [2.75, 3.05) is 5.32 Å². The molecule has 0 saturated heterocycles. The van der Waals surface area contributed by atoms with Crippen molar-refractivity contribution in [1.29, 1.82) is 0 Å². The van der Waals surface area contributed by atoms with Gasteiger partial charge in [-0.3, -0.25) is 5.10 Å². The number of aryl methyl sites for hydroxylation is 2. The quantitative estimate of drug-likeness (QED) is 0.642. The second-order valence-corrected chi connectivity index (χ2v) is 5.44. The highest BCUT2D eigenvalue weighted by molar-refractivity contribution is 5.68. The molecule has 27 heavy (non-hydrogen) atoms. The molecule has 2 aromatic rings. The van der Waals surface area contributed by atoms with Crippen molar-refractivity contribution in [2.24, 2.45) is 0 Å². The second-order valence-electron chi connectivity index (χ2n) is 5.44. The van der Waals surface area contributed by atoms with Crippen molar-refractivity contribution in [2.45, 2.75) is 47.5 Å². The average Bonchev–Trinajstić information content (AvgIpc) is 3.19. The molecular weight excluding hydrogens is 332 g/mol. The van der Waals surface area contributed by atoms with E-state index in [1.54, 1.807) is 6.20 Å². The molecule has 0 spiro atoms. The minimum atomic E-state index is 0.856. The Labute approximate surface area is 164 Å². The van der Waals surface area contributed by atoms with Gasteiger partial charge in [0.2, 0.25) is 0 Å². The van der Waals surface area contributed by atoms with Gasteiger partial charge in [-0.15, -0.1) is 0 Å². The third kappa shape index (κ3) is 12.2. The molecule has 1 aliphatic carbocycles. The molecule has 4 heteroatoms. The molecule has 0 fully saturated rings. The molecule has 0 amide bonds. The lowest BCUT2D eigenvalue weighted by atomic mass is 10.1. The lowest BCUT2D eigenvalue weighted by Gasteiger charge is -2.06. The van der Waals surface area contributed by atoms with Gasteiger partial charge in [0, 0.05) is 5.69 Å². The number of allylic oxidation sites excluding steroid dienone is 5. The monoisotopic (exact) mass is 366 g/mol. The highest BCUT2D eigenvalue weighted by Crippen LogP contribution is 2.18. The summed E-state index contributed by atoms with van der Waals surface area (Å²) in [7, 11) is 0. The Morgan fingerprint density at radius 1 is 1.11 bits per heavy atom. The van der Waals surface area contributed by atoms with Crippen LogP contribution in [0.15, 0.2) is 67.7 Å². The summed E-state index contributed by atoms with van der Waals surface area (Å²) in [6.07, 6.45) is 18.3. The smallest absolute Gasteiger partial charge is 0.137 e. The van der Waals surface area contributed by atoms with Crippen LogP contribution >= 0.6 is 0 Å². The molecule has 1 aliphatic rings. The number of hydrogen-bond donors (Lipinski definition) is 2. The first-order valence-electron chi connectivity index (χ1n) is 9.41. The van der Waals surface area contributed by atoms with Crippen molar-refractivity contribution < 1.29 is 0 Å². The summed E-state index contributed by atoms with van der Waals surface area (Å²) in [5, 5.41) is 9.33. The van der Waals surface area contributed by atoms with Crippen LogP contribution in [0.5, 0.6) is 0 Å². The Morgan fingerprint density at radius 2 is 1.78 bits per heavy atom. The SMILES string of the molecule is C1=CCCC=C1.C=CNc1ccc(C)cc1/C=C/C.CC.Cc1ncn[nH]1. The number of aromatic nitrogens is 3. The van der Waals surface area contributed by atoms with E-state index in [0.717, 1.165) is 11.5 Å². The van der Waals surface area contributed by atoms with Crippen LogP contribution in [-0.4, -0.2) is 15.2 Å². The molecule has 0 bridgehead atoms. The van der Waals surface area contributed by atoms with Gasteiger partial charge in [-0.2, -0.15) is 5.10 Å². The minimum Gasteiger partial charge on any atom is -0.362 e. The first-order chi connectivity index (χ1) is 13.2. The third-order valence-corrected chi connectivity index (χ3v) is 3.23. The number of H-pyrrole nitrogens is 1. The van der Waals surface area contributed by atoms with Crippen molar-refractivity contribution in [3.05, 3.63) is 84.6 Å². The summed E-state index contributed by atoms with van der Waals surface area (Å²) in [5.74, 6) is 0.856. The Balaban J connectivity index is 0.000000400. The van der Waals surface area contributed by atoms with E-state index in [9.17, 15) is 0 Å². The van der Waals surface area contributed by atoms with E-state index < -0.39 is 0 Å². The van der Waals surface area contributed by atoms with E-state index in [4.69, 9.17) is 0 Å². The molecule has 0 atom stereocenters. The van der Waals surface area contributed by atoms with Crippen LogP contribution in [0.2, 0.25) is 0 Å². The van der Waals surface area contributed by atoms with Gasteiger partial charge in [-0.05, 0) is 57.5 Å². The van der Waals surface area contributed by atoms with Crippen LogP contribution < -0.4 is 5.32 Å². The van der Waals surface area contributed by atoms with Gasteiger partial charge < -0.3 is 5.32 Å². The summed E-state index contributed by atoms with van der Waals surface area (Å²) in [5.41, 5.74) is 3.56. The molecule has 1 heterocycles. The molecule has 3 rings (SSSR count). The molecule has 0 radical (unpaired) electrons. The lowest BCUT2D eigenvalue weighted by Crippen LogP contribution is -1.90. The first-order valence-corrected chi connectivity index (χ1v) is 9.41. The van der Waals surface area contributed by atoms with Crippen LogP contribution in [-0.2, 0) is 0 Å². The number of nitrogens with one attached hydrogen (secondary N) is 2. The fourth-order valence-corrected chi connectivity index (χ4v) is 2.05. The molecule has 1 aromatic heterocycles. The average molecular weight is 367 g/mol. The van der Waals surface area contributed by atoms with Crippen molar-refractivity contribution >= 4 is 11.8 Å². The molecular formula is C23H34N4. The number of rotatable bonds is 3. The zero-order valence-electron chi connectivity index (χ0n) is 17.4. The topological polar surface area (TPSA) is 53.6 Å². The molecule has 146 valence electrons. The fourth-order valence-electron chi connectivity index (χ4n) is 2.05. The summed E-state index contributed by atoms with van der Waals surface area (Å²) in [6.45, 7) is 13.6. The van der Waals surface area contributed by atoms with Gasteiger partial charge in [0.15, 0.2) is 0 Å². The van der Waals surface area contributed by atoms with Crippen LogP contribution in [0.3, 0.4) is 0 Å². The van der Waals surface area contributed by atoms with E-state index in [0.29, 0.717) is 0 Å². The number of benzene rings is 1. The van der Waals surface area contributed by atoms with Gasteiger partial charge in [-0.1, -0.05) is 68.5 Å². The van der Waals surface area contributed by atoms with Gasteiger partial charge >= 0.3 is 0 Å². The number of nitrogens with zero attached hydrogens (tertiary/aromatic N) is 2. The number of hydrogen-bond acceptors (Lipinski definition) is 3. The second kappa shape index (κ2) is 16.6. The molecule has 1 aromatic carbocycles. The molecule has 2 N–H and O–H groups in total. The lowest BCUT2D eigenvalue weighted by molar-refractivity contribution is 1.04. The van der Waals surface area contributed by atoms with Crippen LogP contribution in [0.4, 0.5) is 5.69 Å². The van der Waals surface area contributed by atoms with Gasteiger partial charge in [0.05, 0.1) is 0 Å². The van der Waals surface area contributed by atoms with Crippen molar-refractivity contribution in [1.82, 2.24) is 15.2 Å². The Kier molecular flexibility index (Phi) is 14.8. The molecule has 4 nitrogen and oxygen atoms in total. The van der Waals surface area contributed by atoms with Crippen molar-refractivity contribution in [3.8, 4) is 0 Å². The highest BCUT2D eigenvalue weighted by Gasteiger charge is 1.96. The van der Waals surface area contributed by atoms with Crippen LogP contribution in [0, 0.1) is 13.8 Å². The summed E-state index contributed by atoms with van der Waals surface area (Å²) < 4.78 is 0. The molecule has 0 saturated carbocycles. The number of anilines is 1. The third-order valence-electron chi connectivity index (χ3n) is 3.23. The predicted molar refractivity (Wildman–Crippen MR) is 120 cm³/mol. The van der Waals surface area contributed by atoms with E-state index in [1.807, 2.05) is 33.8 Å². The Morgan fingerprint density at radius 3 is 2.15 bits per heavy atom. The van der Waals surface area contributed by atoms with E-state index in [2.05, 4.69) is 82.6 Å². The molecule has 0 aliphatic heterocycles. The number of aromatic amines is 1. The zero-order valence-corrected chi connectivity index (χ0v) is 17.4. The largest absolute Gasteiger partial charge is 0.362 e. The maximum Gasteiger partial charge on any atom is 0.137 e. The Hall–Kier alpha value is -2.88. The maximum absolute atomic E-state index is 3.75. The predicted octanol–water partition coefficient (Wildman–Crippen LogP) is 6.62. The van der Waals surface area contributed by atoms with Crippen LogP contribution in [0.1, 0.15) is 50.6 Å². The van der Waals surface area contributed by atoms with Crippen molar-refractivity contribution in [3.63, 3.8) is 0 Å². The standard InChI is InChI=1S/C12H15N.C6H8.C3H5N3.C2H6/c1-4-6-11-9-10(3)7-8-12(11)13-5-2;1-2-4-6-5-3-1;1-3-4-2-5-6-3;1-2/h4-9,13H,2H2,1,3H3;1-4H,5-6H2;2H,1H3,(H,4,5,6);1-2H3/b6-4+;;;. The first kappa shape index (κ1) is 24.1. The van der Waals surface area contributed by atoms with E-state index >= 15 is 0 Å². The summed E-state index contributed by atoms with van der Waals surface area (Å²) in [4.78, 5) is 3.75. The molecule has 0 unspecified atom stereocenters. The van der Waals surface area contributed by atoms with Gasteiger partial charge in [0.25, 0.3) is 0 Å². The summed E-state index contributed by atoms with van der Waals surface area (Å²) >= 11 is 0. The minimum absolute atomic E-state index is 0.856. The van der Waals surface area contributed by atoms with Crippen LogP contribution in [0.25, 0.3) is 6.08 Å². The Bertz CT molecular complexity index is 683. The van der Waals surface area contributed by atoms with Gasteiger partial charge in [0.1, 0.15) is 12.2 Å². The highest BCUT2D eigenvalue weighted by atomic mass is 15.2. The van der Waals surface area contributed by atoms with Gasteiger partial charge in [-0.25, -0.2) is 4.98 Å². The normalized spacial score (nSPS) is 11.3. The maximum atomic E-state index is 3.75. The summed E-state index contributed by atoms with van der Waals surface area (Å²) in [6, 6.07) is 6.29.